The van der Waals surface area contributed by atoms with Gasteiger partial charge in [0.1, 0.15) is 5.60 Å². The van der Waals surface area contributed by atoms with Crippen molar-refractivity contribution in [3.63, 3.8) is 0 Å². The summed E-state index contributed by atoms with van der Waals surface area (Å²) in [5.74, 6) is 0.784. The molecule has 2 aliphatic heterocycles. The summed E-state index contributed by atoms with van der Waals surface area (Å²) in [6.07, 6.45) is 6.17. The predicted octanol–water partition coefficient (Wildman–Crippen LogP) is 2.46. The van der Waals surface area contributed by atoms with Gasteiger partial charge in [-0.05, 0) is 71.9 Å². The van der Waals surface area contributed by atoms with Gasteiger partial charge in [-0.3, -0.25) is 0 Å². The number of carbonyl (C=O) groups excluding carboxylic acids is 1. The first-order chi connectivity index (χ1) is 10.9. The summed E-state index contributed by atoms with van der Waals surface area (Å²) >= 11 is 0. The summed E-state index contributed by atoms with van der Waals surface area (Å²) in [6, 6.07) is 1.20. The minimum atomic E-state index is -0.409. The number of hydrogen-bond donors (Lipinski definition) is 1. The highest BCUT2D eigenvalue weighted by Crippen LogP contribution is 2.31. The van der Waals surface area contributed by atoms with Gasteiger partial charge >= 0.3 is 6.09 Å². The van der Waals surface area contributed by atoms with Gasteiger partial charge in [-0.15, -0.1) is 0 Å². The third kappa shape index (κ3) is 4.83. The van der Waals surface area contributed by atoms with Crippen LogP contribution in [0, 0.1) is 5.92 Å². The smallest absolute Gasteiger partial charge is 0.410 e. The Labute approximate surface area is 140 Å². The van der Waals surface area contributed by atoms with E-state index >= 15 is 0 Å². The van der Waals surface area contributed by atoms with Gasteiger partial charge in [0, 0.05) is 31.7 Å². The van der Waals surface area contributed by atoms with Crippen LogP contribution in [0.3, 0.4) is 0 Å². The van der Waals surface area contributed by atoms with E-state index in [9.17, 15) is 4.79 Å². The van der Waals surface area contributed by atoms with Crippen LogP contribution in [0.15, 0.2) is 0 Å². The molecule has 3 fully saturated rings. The molecule has 1 amide bonds. The molecular weight excluding hydrogens is 290 g/mol. The fourth-order valence-corrected chi connectivity index (χ4v) is 3.86. The molecule has 2 heterocycles. The third-order valence-corrected chi connectivity index (χ3v) is 5.20. The molecule has 2 saturated heterocycles. The molecule has 1 aliphatic carbocycles. The van der Waals surface area contributed by atoms with E-state index in [0.29, 0.717) is 6.04 Å². The third-order valence-electron chi connectivity index (χ3n) is 5.20. The molecule has 132 valence electrons. The minimum absolute atomic E-state index is 0.150. The Hall–Kier alpha value is -0.810. The number of nitrogens with one attached hydrogen (secondary N) is 1. The zero-order valence-corrected chi connectivity index (χ0v) is 15.0. The van der Waals surface area contributed by atoms with Crippen LogP contribution >= 0.6 is 0 Å². The second-order valence-corrected chi connectivity index (χ2v) is 8.51. The lowest BCUT2D eigenvalue weighted by Gasteiger charge is -2.29. The van der Waals surface area contributed by atoms with Gasteiger partial charge < -0.3 is 19.9 Å². The van der Waals surface area contributed by atoms with Gasteiger partial charge in [0.15, 0.2) is 0 Å². The van der Waals surface area contributed by atoms with Crippen molar-refractivity contribution in [2.75, 3.05) is 32.7 Å². The molecule has 1 saturated carbocycles. The summed E-state index contributed by atoms with van der Waals surface area (Å²) in [4.78, 5) is 16.9. The molecule has 5 nitrogen and oxygen atoms in total. The van der Waals surface area contributed by atoms with Gasteiger partial charge in [-0.1, -0.05) is 0 Å². The highest BCUT2D eigenvalue weighted by molar-refractivity contribution is 5.69. The molecule has 0 aromatic heterocycles. The van der Waals surface area contributed by atoms with E-state index in [1.807, 2.05) is 25.7 Å². The molecule has 3 aliphatic rings. The van der Waals surface area contributed by atoms with E-state index in [0.717, 1.165) is 44.4 Å². The normalized spacial score (nSPS) is 29.3. The van der Waals surface area contributed by atoms with Crippen LogP contribution in [-0.2, 0) is 4.74 Å². The summed E-state index contributed by atoms with van der Waals surface area (Å²) in [6.45, 7) is 11.2. The van der Waals surface area contributed by atoms with E-state index in [1.165, 1.54) is 32.4 Å². The zero-order valence-electron chi connectivity index (χ0n) is 15.0. The highest BCUT2D eigenvalue weighted by Gasteiger charge is 2.35. The van der Waals surface area contributed by atoms with Gasteiger partial charge in [-0.2, -0.15) is 0 Å². The van der Waals surface area contributed by atoms with E-state index < -0.39 is 5.60 Å². The molecule has 2 atom stereocenters. The molecule has 0 radical (unpaired) electrons. The van der Waals surface area contributed by atoms with Crippen LogP contribution in [0.2, 0.25) is 0 Å². The number of carbonyl (C=O) groups is 1. The maximum atomic E-state index is 12.3. The number of hydrogen-bond acceptors (Lipinski definition) is 4. The van der Waals surface area contributed by atoms with Gasteiger partial charge in [0.2, 0.25) is 0 Å². The zero-order chi connectivity index (χ0) is 16.4. The molecule has 5 heteroatoms. The quantitative estimate of drug-likeness (QED) is 0.844. The second kappa shape index (κ2) is 6.98. The largest absolute Gasteiger partial charge is 0.444 e. The molecule has 2 unspecified atom stereocenters. The van der Waals surface area contributed by atoms with Crippen LogP contribution in [0.1, 0.15) is 52.9 Å². The standard InChI is InChI=1S/C18H33N3O2/c1-18(2,3)23-17(22)21-9-4-5-16(21)12-19-11-14-8-10-20(13-14)15-6-7-15/h14-16,19H,4-13H2,1-3H3. The summed E-state index contributed by atoms with van der Waals surface area (Å²) in [5.41, 5.74) is -0.409. The maximum Gasteiger partial charge on any atom is 0.410 e. The average molecular weight is 323 g/mol. The Morgan fingerprint density at radius 2 is 1.91 bits per heavy atom. The summed E-state index contributed by atoms with van der Waals surface area (Å²) in [7, 11) is 0. The molecule has 0 aromatic rings. The Morgan fingerprint density at radius 3 is 2.61 bits per heavy atom. The maximum absolute atomic E-state index is 12.3. The average Bonchev–Trinajstić information content (AvgIpc) is 3.01. The molecule has 0 aromatic carbocycles. The molecule has 0 bridgehead atoms. The lowest BCUT2D eigenvalue weighted by Crippen LogP contribution is -2.44. The Kier molecular flexibility index (Phi) is 5.16. The van der Waals surface area contributed by atoms with Gasteiger partial charge in [0.25, 0.3) is 0 Å². The Balaban J connectivity index is 1.38. The predicted molar refractivity (Wildman–Crippen MR) is 91.5 cm³/mol. The fourth-order valence-electron chi connectivity index (χ4n) is 3.86. The van der Waals surface area contributed by atoms with Crippen molar-refractivity contribution in [2.45, 2.75) is 70.6 Å². The topological polar surface area (TPSA) is 44.8 Å². The Morgan fingerprint density at radius 1 is 1.13 bits per heavy atom. The summed E-state index contributed by atoms with van der Waals surface area (Å²) < 4.78 is 5.53. The number of nitrogens with zero attached hydrogens (tertiary/aromatic N) is 2. The first kappa shape index (κ1) is 17.0. The van der Waals surface area contributed by atoms with Crippen LogP contribution < -0.4 is 5.32 Å². The van der Waals surface area contributed by atoms with Crippen LogP contribution in [0.5, 0.6) is 0 Å². The summed E-state index contributed by atoms with van der Waals surface area (Å²) in [5, 5.41) is 3.62. The van der Waals surface area contributed by atoms with Crippen molar-refractivity contribution >= 4 is 6.09 Å². The van der Waals surface area contributed by atoms with Crippen molar-refractivity contribution in [3.05, 3.63) is 0 Å². The Bertz CT molecular complexity index is 417. The molecule has 23 heavy (non-hydrogen) atoms. The number of rotatable bonds is 5. The molecule has 1 N–H and O–H groups in total. The van der Waals surface area contributed by atoms with Gasteiger partial charge in [-0.25, -0.2) is 4.79 Å². The van der Waals surface area contributed by atoms with Crippen LogP contribution in [-0.4, -0.2) is 66.3 Å². The molecule has 0 spiro atoms. The number of ether oxygens (including phenoxy) is 1. The molecular formula is C18H33N3O2. The molecule has 3 rings (SSSR count). The van der Waals surface area contributed by atoms with E-state index in [4.69, 9.17) is 4.74 Å². The van der Waals surface area contributed by atoms with Crippen molar-refractivity contribution in [1.29, 1.82) is 0 Å². The minimum Gasteiger partial charge on any atom is -0.444 e. The first-order valence-electron chi connectivity index (χ1n) is 9.37. The van der Waals surface area contributed by atoms with Gasteiger partial charge in [0.05, 0.1) is 0 Å². The lowest BCUT2D eigenvalue weighted by molar-refractivity contribution is 0.0226. The van der Waals surface area contributed by atoms with Crippen LogP contribution in [0.25, 0.3) is 0 Å². The van der Waals surface area contributed by atoms with E-state index in [1.54, 1.807) is 0 Å². The highest BCUT2D eigenvalue weighted by atomic mass is 16.6. The monoisotopic (exact) mass is 323 g/mol. The van der Waals surface area contributed by atoms with Crippen molar-refractivity contribution in [1.82, 2.24) is 15.1 Å². The van der Waals surface area contributed by atoms with Crippen molar-refractivity contribution in [2.24, 2.45) is 5.92 Å². The SMILES string of the molecule is CC(C)(C)OC(=O)N1CCCC1CNCC1CCN(C2CC2)C1. The second-order valence-electron chi connectivity index (χ2n) is 8.51. The number of likely N-dealkylation sites (tertiary alicyclic amines) is 2. The number of amides is 1. The van der Waals surface area contributed by atoms with E-state index in [2.05, 4.69) is 10.2 Å². The van der Waals surface area contributed by atoms with E-state index in [-0.39, 0.29) is 6.09 Å². The fraction of sp³-hybridized carbons (Fsp3) is 0.944. The van der Waals surface area contributed by atoms with Crippen LogP contribution in [0.4, 0.5) is 4.79 Å². The first-order valence-corrected chi connectivity index (χ1v) is 9.37. The lowest BCUT2D eigenvalue weighted by atomic mass is 10.1. The van der Waals surface area contributed by atoms with Crippen molar-refractivity contribution in [3.8, 4) is 0 Å². The van der Waals surface area contributed by atoms with Crippen molar-refractivity contribution < 1.29 is 9.53 Å².